The van der Waals surface area contributed by atoms with Crippen LogP contribution in [0.4, 0.5) is 0 Å². The Kier molecular flexibility index (Phi) is 6.90. The molecule has 0 N–H and O–H groups in total. The van der Waals surface area contributed by atoms with Crippen LogP contribution < -0.4 is 0 Å². The van der Waals surface area contributed by atoms with Gasteiger partial charge >= 0.3 is 17.6 Å². The number of hydrogen-bond donors (Lipinski definition) is 0. The molecule has 0 fully saturated rings. The van der Waals surface area contributed by atoms with E-state index in [4.69, 9.17) is 26.6 Å². The first-order chi connectivity index (χ1) is 7.52. The van der Waals surface area contributed by atoms with Crippen LogP contribution in [0.15, 0.2) is 0 Å². The standard InChI is InChI=1S/C8H21O6Si2/c1-8(15(9-2,10-3)11-4)16(12-5,13-6)14-7/h8H,1H2,2-7H3. The summed E-state index contributed by atoms with van der Waals surface area (Å²) < 4.78 is 32.0. The molecule has 0 amide bonds. The molecule has 6 nitrogen and oxygen atoms in total. The van der Waals surface area contributed by atoms with Gasteiger partial charge in [-0.1, -0.05) is 0 Å². The smallest absolute Gasteiger partial charge is 0.377 e. The van der Waals surface area contributed by atoms with Crippen LogP contribution in [0.3, 0.4) is 0 Å². The zero-order valence-electron chi connectivity index (χ0n) is 10.7. The van der Waals surface area contributed by atoms with Gasteiger partial charge in [0.2, 0.25) is 0 Å². The van der Waals surface area contributed by atoms with Gasteiger partial charge in [-0.15, -0.1) is 0 Å². The highest BCUT2D eigenvalue weighted by atomic mass is 28.5. The number of hydrogen-bond acceptors (Lipinski definition) is 6. The quantitative estimate of drug-likeness (QED) is 0.598. The molecule has 0 unspecified atom stereocenters. The fourth-order valence-corrected chi connectivity index (χ4v) is 8.13. The van der Waals surface area contributed by atoms with Crippen molar-refractivity contribution in [3.63, 3.8) is 0 Å². The van der Waals surface area contributed by atoms with Gasteiger partial charge in [0.25, 0.3) is 0 Å². The van der Waals surface area contributed by atoms with Crippen LogP contribution in [0.5, 0.6) is 0 Å². The molecule has 0 aromatic heterocycles. The Morgan fingerprint density at radius 3 is 0.938 bits per heavy atom. The first-order valence-corrected chi connectivity index (χ1v) is 8.26. The average molecular weight is 269 g/mol. The maximum atomic E-state index is 5.34. The lowest BCUT2D eigenvalue weighted by atomic mass is 10.9. The van der Waals surface area contributed by atoms with Gasteiger partial charge in [0.05, 0.1) is 5.16 Å². The van der Waals surface area contributed by atoms with E-state index in [2.05, 4.69) is 6.92 Å². The molecular weight excluding hydrogens is 248 g/mol. The van der Waals surface area contributed by atoms with Crippen LogP contribution in [0.25, 0.3) is 0 Å². The fraction of sp³-hybridized carbons (Fsp3) is 0.875. The highest BCUT2D eigenvalue weighted by Gasteiger charge is 2.61. The van der Waals surface area contributed by atoms with Gasteiger partial charge in [-0.2, -0.15) is 0 Å². The first-order valence-electron chi connectivity index (χ1n) is 4.66. The third-order valence-corrected chi connectivity index (χ3v) is 9.80. The molecule has 0 aliphatic carbocycles. The minimum Gasteiger partial charge on any atom is -0.377 e. The third kappa shape index (κ3) is 2.71. The van der Waals surface area contributed by atoms with Gasteiger partial charge in [0.15, 0.2) is 0 Å². The zero-order chi connectivity index (χ0) is 12.8. The minimum absolute atomic E-state index is 0.458. The summed E-state index contributed by atoms with van der Waals surface area (Å²) in [6.07, 6.45) is 0. The van der Waals surface area contributed by atoms with Gasteiger partial charge in [0.1, 0.15) is 0 Å². The second kappa shape index (κ2) is 6.81. The Morgan fingerprint density at radius 2 is 0.812 bits per heavy atom. The maximum Gasteiger partial charge on any atom is 0.507 e. The van der Waals surface area contributed by atoms with Crippen LogP contribution in [-0.2, 0) is 26.6 Å². The normalized spacial score (nSPS) is 13.5. The molecule has 97 valence electrons. The van der Waals surface area contributed by atoms with E-state index in [0.717, 1.165) is 0 Å². The van der Waals surface area contributed by atoms with Crippen LogP contribution in [0, 0.1) is 6.92 Å². The van der Waals surface area contributed by atoms with Gasteiger partial charge in [-0.3, -0.25) is 0 Å². The molecule has 0 saturated heterocycles. The molecule has 1 radical (unpaired) electrons. The Balaban J connectivity index is 5.16. The molecule has 0 rings (SSSR count). The van der Waals surface area contributed by atoms with E-state index >= 15 is 0 Å². The average Bonchev–Trinajstić information content (AvgIpc) is 2.35. The monoisotopic (exact) mass is 269 g/mol. The summed E-state index contributed by atoms with van der Waals surface area (Å²) in [5.74, 6) is 0. The van der Waals surface area contributed by atoms with E-state index in [-0.39, 0.29) is 0 Å². The topological polar surface area (TPSA) is 55.4 Å². The molecule has 8 heteroatoms. The summed E-state index contributed by atoms with van der Waals surface area (Å²) in [6.45, 7) is 3.98. The summed E-state index contributed by atoms with van der Waals surface area (Å²) in [6, 6.07) is 0. The fourth-order valence-electron chi connectivity index (χ4n) is 1.57. The first kappa shape index (κ1) is 16.2. The second-order valence-corrected chi connectivity index (χ2v) is 9.82. The lowest BCUT2D eigenvalue weighted by Gasteiger charge is -2.37. The van der Waals surface area contributed by atoms with Crippen LogP contribution in [-0.4, -0.2) is 60.3 Å². The molecule has 16 heavy (non-hydrogen) atoms. The van der Waals surface area contributed by atoms with Gasteiger partial charge < -0.3 is 26.6 Å². The van der Waals surface area contributed by atoms with Crippen LogP contribution in [0.1, 0.15) is 0 Å². The van der Waals surface area contributed by atoms with Crippen LogP contribution in [0.2, 0.25) is 5.16 Å². The maximum absolute atomic E-state index is 5.34. The third-order valence-electron chi connectivity index (χ3n) is 2.56. The van der Waals surface area contributed by atoms with E-state index in [9.17, 15) is 0 Å². The van der Waals surface area contributed by atoms with E-state index in [0.29, 0.717) is 0 Å². The molecule has 0 heterocycles. The van der Waals surface area contributed by atoms with Crippen molar-refractivity contribution in [2.45, 2.75) is 5.16 Å². The summed E-state index contributed by atoms with van der Waals surface area (Å²) in [4.78, 5) is 0. The molecule has 0 aromatic rings. The van der Waals surface area contributed by atoms with Crippen molar-refractivity contribution in [3.05, 3.63) is 6.92 Å². The molecular formula is C8H21O6Si2. The molecule has 0 aromatic carbocycles. The lowest BCUT2D eigenvalue weighted by Crippen LogP contribution is -2.61. The largest absolute Gasteiger partial charge is 0.507 e. The molecule has 0 aliphatic rings. The Labute approximate surface area is 99.5 Å². The Bertz CT molecular complexity index is 158. The summed E-state index contributed by atoms with van der Waals surface area (Å²) >= 11 is 0. The van der Waals surface area contributed by atoms with Crippen molar-refractivity contribution in [3.8, 4) is 0 Å². The molecule has 0 atom stereocenters. The minimum atomic E-state index is -2.94. The van der Waals surface area contributed by atoms with Crippen molar-refractivity contribution in [1.82, 2.24) is 0 Å². The summed E-state index contributed by atoms with van der Waals surface area (Å²) in [7, 11) is 3.18. The number of rotatable bonds is 8. The Morgan fingerprint density at radius 1 is 0.625 bits per heavy atom. The SMILES string of the molecule is [CH2]C([Si](OC)(OC)OC)[Si](OC)(OC)OC. The highest BCUT2D eigenvalue weighted by molar-refractivity contribution is 6.82. The predicted molar refractivity (Wildman–Crippen MR) is 62.7 cm³/mol. The van der Waals surface area contributed by atoms with E-state index < -0.39 is 22.8 Å². The highest BCUT2D eigenvalue weighted by Crippen LogP contribution is 2.33. The van der Waals surface area contributed by atoms with Gasteiger partial charge in [-0.25, -0.2) is 0 Å². The van der Waals surface area contributed by atoms with Crippen molar-refractivity contribution in [1.29, 1.82) is 0 Å². The van der Waals surface area contributed by atoms with Gasteiger partial charge in [-0.05, 0) is 6.92 Å². The van der Waals surface area contributed by atoms with Crippen molar-refractivity contribution >= 4 is 17.6 Å². The molecule has 0 aliphatic heterocycles. The van der Waals surface area contributed by atoms with E-state index in [1.165, 1.54) is 42.7 Å². The van der Waals surface area contributed by atoms with Crippen molar-refractivity contribution < 1.29 is 26.6 Å². The van der Waals surface area contributed by atoms with E-state index in [1.54, 1.807) is 0 Å². The summed E-state index contributed by atoms with van der Waals surface area (Å²) in [5.41, 5.74) is 0. The lowest BCUT2D eigenvalue weighted by molar-refractivity contribution is 0.0865. The van der Waals surface area contributed by atoms with E-state index in [1.807, 2.05) is 0 Å². The van der Waals surface area contributed by atoms with Crippen molar-refractivity contribution in [2.75, 3.05) is 42.7 Å². The Hall–Kier alpha value is 0.194. The molecule has 0 bridgehead atoms. The summed E-state index contributed by atoms with van der Waals surface area (Å²) in [5, 5.41) is -0.458. The van der Waals surface area contributed by atoms with Crippen LogP contribution >= 0.6 is 0 Å². The second-order valence-electron chi connectivity index (χ2n) is 2.98. The van der Waals surface area contributed by atoms with Gasteiger partial charge in [0, 0.05) is 42.7 Å². The molecule has 0 saturated carbocycles. The zero-order valence-corrected chi connectivity index (χ0v) is 12.7. The van der Waals surface area contributed by atoms with Crippen molar-refractivity contribution in [2.24, 2.45) is 0 Å². The predicted octanol–water partition coefficient (Wildman–Crippen LogP) is 0.486. The molecule has 0 spiro atoms.